The van der Waals surface area contributed by atoms with Gasteiger partial charge in [-0.05, 0) is 24.1 Å². The molecule has 0 radical (unpaired) electrons. The van der Waals surface area contributed by atoms with Crippen LogP contribution in [0, 0.1) is 0 Å². The van der Waals surface area contributed by atoms with Gasteiger partial charge in [-0.25, -0.2) is 4.79 Å². The first-order valence-corrected chi connectivity index (χ1v) is 4.91. The zero-order valence-electron chi connectivity index (χ0n) is 9.00. The van der Waals surface area contributed by atoms with Crippen molar-refractivity contribution in [2.75, 3.05) is 6.61 Å². The summed E-state index contributed by atoms with van der Waals surface area (Å²) in [5.74, 6) is -1.70. The van der Waals surface area contributed by atoms with Gasteiger partial charge in [0, 0.05) is 0 Å². The maximum absolute atomic E-state index is 10.5. The van der Waals surface area contributed by atoms with Crippen molar-refractivity contribution in [3.05, 3.63) is 29.8 Å². The summed E-state index contributed by atoms with van der Waals surface area (Å²) in [4.78, 5) is 20.8. The average molecular weight is 239 g/mol. The average Bonchev–Trinajstić information content (AvgIpc) is 2.28. The molecule has 0 aliphatic rings. The third-order valence-electron chi connectivity index (χ3n) is 2.06. The quantitative estimate of drug-likeness (QED) is 0.649. The number of carboxylic acid groups (broad SMARTS) is 2. The summed E-state index contributed by atoms with van der Waals surface area (Å²) in [6.45, 7) is -0.409. The molecule has 1 rings (SSSR count). The third kappa shape index (κ3) is 4.52. The third-order valence-corrected chi connectivity index (χ3v) is 2.06. The molecule has 6 nitrogen and oxygen atoms in total. The number of ether oxygens (including phenoxy) is 1. The van der Waals surface area contributed by atoms with Crippen LogP contribution in [0.4, 0.5) is 0 Å². The molecule has 0 aromatic heterocycles. The first-order chi connectivity index (χ1) is 7.99. The van der Waals surface area contributed by atoms with Gasteiger partial charge in [-0.1, -0.05) is 12.1 Å². The summed E-state index contributed by atoms with van der Waals surface area (Å²) < 4.78 is 4.93. The van der Waals surface area contributed by atoms with E-state index in [1.807, 2.05) is 0 Å². The monoisotopic (exact) mass is 239 g/mol. The summed E-state index contributed by atoms with van der Waals surface area (Å²) in [5.41, 5.74) is 6.13. The predicted molar refractivity (Wildman–Crippen MR) is 58.9 cm³/mol. The van der Waals surface area contributed by atoms with Gasteiger partial charge in [0.15, 0.2) is 6.61 Å². The Hall–Kier alpha value is -2.08. The van der Waals surface area contributed by atoms with E-state index in [4.69, 9.17) is 20.7 Å². The van der Waals surface area contributed by atoms with E-state index >= 15 is 0 Å². The molecule has 4 N–H and O–H groups in total. The molecule has 1 aromatic rings. The Bertz CT molecular complexity index is 401. The number of carboxylic acids is 2. The molecule has 0 unspecified atom stereocenters. The van der Waals surface area contributed by atoms with Crippen molar-refractivity contribution in [1.82, 2.24) is 0 Å². The lowest BCUT2D eigenvalue weighted by atomic mass is 10.1. The number of benzene rings is 1. The van der Waals surface area contributed by atoms with E-state index in [0.29, 0.717) is 5.75 Å². The maximum atomic E-state index is 10.5. The smallest absolute Gasteiger partial charge is 0.341 e. The van der Waals surface area contributed by atoms with Crippen molar-refractivity contribution in [2.45, 2.75) is 12.5 Å². The Kier molecular flexibility index (Phi) is 4.47. The first-order valence-electron chi connectivity index (χ1n) is 4.91. The van der Waals surface area contributed by atoms with E-state index in [2.05, 4.69) is 0 Å². The molecule has 0 saturated heterocycles. The van der Waals surface area contributed by atoms with E-state index in [1.54, 1.807) is 24.3 Å². The van der Waals surface area contributed by atoms with Crippen molar-refractivity contribution in [3.63, 3.8) is 0 Å². The second-order valence-corrected chi connectivity index (χ2v) is 3.48. The van der Waals surface area contributed by atoms with E-state index in [9.17, 15) is 9.59 Å². The van der Waals surface area contributed by atoms with Crippen LogP contribution in [0.25, 0.3) is 0 Å². The fourth-order valence-corrected chi connectivity index (χ4v) is 1.21. The van der Waals surface area contributed by atoms with Gasteiger partial charge in [-0.2, -0.15) is 0 Å². The zero-order chi connectivity index (χ0) is 12.8. The van der Waals surface area contributed by atoms with Gasteiger partial charge >= 0.3 is 11.9 Å². The van der Waals surface area contributed by atoms with Crippen molar-refractivity contribution in [1.29, 1.82) is 0 Å². The number of hydrogen-bond donors (Lipinski definition) is 3. The minimum absolute atomic E-state index is 0.217. The Balaban J connectivity index is 2.55. The SMILES string of the molecule is N[C@H](Cc1ccc(OCC(=O)O)cc1)C(=O)O. The van der Waals surface area contributed by atoms with E-state index in [1.165, 1.54) is 0 Å². The lowest BCUT2D eigenvalue weighted by Gasteiger charge is -2.07. The molecule has 1 aromatic carbocycles. The number of aliphatic carboxylic acids is 2. The number of hydrogen-bond acceptors (Lipinski definition) is 4. The van der Waals surface area contributed by atoms with Gasteiger partial charge in [-0.15, -0.1) is 0 Å². The van der Waals surface area contributed by atoms with E-state index in [0.717, 1.165) is 5.56 Å². The highest BCUT2D eigenvalue weighted by Gasteiger charge is 2.11. The molecule has 0 aliphatic heterocycles. The summed E-state index contributed by atoms with van der Waals surface area (Å²) in [5, 5.41) is 17.0. The number of rotatable bonds is 6. The van der Waals surface area contributed by atoms with Crippen molar-refractivity contribution in [2.24, 2.45) is 5.73 Å². The molecule has 0 bridgehead atoms. The highest BCUT2D eigenvalue weighted by Crippen LogP contribution is 2.13. The zero-order valence-corrected chi connectivity index (χ0v) is 9.00. The van der Waals surface area contributed by atoms with Gasteiger partial charge < -0.3 is 20.7 Å². The molecular formula is C11H13NO5. The van der Waals surface area contributed by atoms with E-state index < -0.39 is 24.6 Å². The van der Waals surface area contributed by atoms with Crippen LogP contribution in [0.2, 0.25) is 0 Å². The predicted octanol–water partition coefficient (Wildman–Crippen LogP) is 0.104. The van der Waals surface area contributed by atoms with Crippen LogP contribution < -0.4 is 10.5 Å². The minimum atomic E-state index is -1.06. The van der Waals surface area contributed by atoms with Crippen LogP contribution in [-0.4, -0.2) is 34.8 Å². The first kappa shape index (κ1) is 13.0. The van der Waals surface area contributed by atoms with Gasteiger partial charge in [-0.3, -0.25) is 4.79 Å². The largest absolute Gasteiger partial charge is 0.482 e. The summed E-state index contributed by atoms with van der Waals surface area (Å²) >= 11 is 0. The summed E-state index contributed by atoms with van der Waals surface area (Å²) in [6.07, 6.45) is 0.217. The summed E-state index contributed by atoms with van der Waals surface area (Å²) in [6, 6.07) is 5.51. The standard InChI is InChI=1S/C11H13NO5/c12-9(11(15)16)5-7-1-3-8(4-2-7)17-6-10(13)14/h1-4,9H,5-6,12H2,(H,13,14)(H,15,16)/t9-/m1/s1. The van der Waals surface area contributed by atoms with Gasteiger partial charge in [0.1, 0.15) is 11.8 Å². The molecule has 0 fully saturated rings. The molecule has 17 heavy (non-hydrogen) atoms. The molecule has 6 heteroatoms. The van der Waals surface area contributed by atoms with E-state index in [-0.39, 0.29) is 6.42 Å². The van der Waals surface area contributed by atoms with Gasteiger partial charge in [0.2, 0.25) is 0 Å². The second kappa shape index (κ2) is 5.86. The second-order valence-electron chi connectivity index (χ2n) is 3.48. The van der Waals surface area contributed by atoms with Crippen LogP contribution in [0.15, 0.2) is 24.3 Å². The van der Waals surface area contributed by atoms with Crippen LogP contribution >= 0.6 is 0 Å². The molecule has 0 amide bonds. The molecule has 1 atom stereocenters. The molecule has 92 valence electrons. The molecule has 0 aliphatic carbocycles. The topological polar surface area (TPSA) is 110 Å². The minimum Gasteiger partial charge on any atom is -0.482 e. The fourth-order valence-electron chi connectivity index (χ4n) is 1.21. The van der Waals surface area contributed by atoms with Crippen LogP contribution in [-0.2, 0) is 16.0 Å². The Morgan fingerprint density at radius 2 is 1.82 bits per heavy atom. The highest BCUT2D eigenvalue weighted by molar-refractivity contribution is 5.73. The van der Waals surface area contributed by atoms with Crippen LogP contribution in [0.5, 0.6) is 5.75 Å². The number of carbonyl (C=O) groups is 2. The van der Waals surface area contributed by atoms with Gasteiger partial charge in [0.25, 0.3) is 0 Å². The van der Waals surface area contributed by atoms with Crippen molar-refractivity contribution < 1.29 is 24.5 Å². The molecule has 0 saturated carbocycles. The van der Waals surface area contributed by atoms with Crippen LogP contribution in [0.3, 0.4) is 0 Å². The van der Waals surface area contributed by atoms with Crippen LogP contribution in [0.1, 0.15) is 5.56 Å². The Labute approximate surface area is 97.6 Å². The highest BCUT2D eigenvalue weighted by atomic mass is 16.5. The van der Waals surface area contributed by atoms with Crippen molar-refractivity contribution >= 4 is 11.9 Å². The Morgan fingerprint density at radius 1 is 1.24 bits per heavy atom. The molecule has 0 heterocycles. The lowest BCUT2D eigenvalue weighted by molar-refractivity contribution is -0.139. The van der Waals surface area contributed by atoms with Gasteiger partial charge in [0.05, 0.1) is 0 Å². The number of nitrogens with two attached hydrogens (primary N) is 1. The fraction of sp³-hybridized carbons (Fsp3) is 0.273. The maximum Gasteiger partial charge on any atom is 0.341 e. The molecular weight excluding hydrogens is 226 g/mol. The molecule has 0 spiro atoms. The van der Waals surface area contributed by atoms with Crippen molar-refractivity contribution in [3.8, 4) is 5.75 Å². The Morgan fingerprint density at radius 3 is 2.29 bits per heavy atom. The normalized spacial score (nSPS) is 11.8. The summed E-state index contributed by atoms with van der Waals surface area (Å²) in [7, 11) is 0. The lowest BCUT2D eigenvalue weighted by Crippen LogP contribution is -2.32.